The highest BCUT2D eigenvalue weighted by Gasteiger charge is 2.18. The largest absolute Gasteiger partial charge is 0.493 e. The van der Waals surface area contributed by atoms with E-state index in [1.165, 1.54) is 0 Å². The van der Waals surface area contributed by atoms with Gasteiger partial charge in [-0.25, -0.2) is 0 Å². The van der Waals surface area contributed by atoms with Gasteiger partial charge in [0, 0.05) is 12.0 Å². The van der Waals surface area contributed by atoms with Crippen LogP contribution in [-0.4, -0.2) is 37.0 Å². The van der Waals surface area contributed by atoms with Crippen LogP contribution in [0, 0.1) is 0 Å². The molecule has 1 aromatic rings. The summed E-state index contributed by atoms with van der Waals surface area (Å²) in [6, 6.07) is 5.35. The van der Waals surface area contributed by atoms with Crippen LogP contribution in [-0.2, 0) is 0 Å². The first-order chi connectivity index (χ1) is 9.74. The maximum absolute atomic E-state index is 11.8. The van der Waals surface area contributed by atoms with Gasteiger partial charge in [0.1, 0.15) is 6.10 Å². The number of carbonyl (C=O) groups excluding carboxylic acids is 1. The van der Waals surface area contributed by atoms with Gasteiger partial charge in [0.2, 0.25) is 0 Å². The highest BCUT2D eigenvalue weighted by molar-refractivity contribution is 7.99. The van der Waals surface area contributed by atoms with E-state index in [1.807, 2.05) is 17.8 Å². The lowest BCUT2D eigenvalue weighted by Crippen LogP contribution is -2.22. The standard InChI is InChI=1S/C15H21NO3S/c1-18-15-10-11(13(17)4-7-16)2-3-14(15)19-12-5-8-20-9-6-12/h2-3,10,12H,4-9,16H2,1H3. The highest BCUT2D eigenvalue weighted by atomic mass is 32.2. The molecule has 0 spiro atoms. The second kappa shape index (κ2) is 7.55. The maximum atomic E-state index is 11.8. The number of thioether (sulfide) groups is 1. The van der Waals surface area contributed by atoms with Gasteiger partial charge < -0.3 is 15.2 Å². The summed E-state index contributed by atoms with van der Waals surface area (Å²) in [5, 5.41) is 0. The molecule has 0 saturated carbocycles. The van der Waals surface area contributed by atoms with Gasteiger partial charge in [-0.15, -0.1) is 0 Å². The second-order valence-corrected chi connectivity index (χ2v) is 5.98. The molecule has 1 aliphatic rings. The molecule has 20 heavy (non-hydrogen) atoms. The minimum absolute atomic E-state index is 0.0337. The first-order valence-electron chi connectivity index (χ1n) is 6.90. The number of ether oxygens (including phenoxy) is 2. The number of hydrogen-bond donors (Lipinski definition) is 1. The molecule has 2 N–H and O–H groups in total. The van der Waals surface area contributed by atoms with Crippen molar-refractivity contribution in [1.29, 1.82) is 0 Å². The molecular weight excluding hydrogens is 274 g/mol. The van der Waals surface area contributed by atoms with Crippen LogP contribution in [0.25, 0.3) is 0 Å². The molecule has 0 radical (unpaired) electrons. The third-order valence-corrected chi connectivity index (χ3v) is 4.37. The van der Waals surface area contributed by atoms with Crippen LogP contribution < -0.4 is 15.2 Å². The summed E-state index contributed by atoms with van der Waals surface area (Å²) < 4.78 is 11.3. The molecule has 1 aromatic carbocycles. The monoisotopic (exact) mass is 295 g/mol. The molecule has 1 heterocycles. The number of benzene rings is 1. The average molecular weight is 295 g/mol. The van der Waals surface area contributed by atoms with E-state index in [9.17, 15) is 4.79 Å². The average Bonchev–Trinajstić information content (AvgIpc) is 2.49. The predicted molar refractivity (Wildman–Crippen MR) is 82.0 cm³/mol. The van der Waals surface area contributed by atoms with Crippen LogP contribution in [0.5, 0.6) is 11.5 Å². The lowest BCUT2D eigenvalue weighted by molar-refractivity contribution is 0.0985. The Bertz CT molecular complexity index is 458. The summed E-state index contributed by atoms with van der Waals surface area (Å²) in [7, 11) is 1.59. The highest BCUT2D eigenvalue weighted by Crippen LogP contribution is 2.31. The van der Waals surface area contributed by atoms with E-state index in [0.717, 1.165) is 24.3 Å². The van der Waals surface area contributed by atoms with Gasteiger partial charge in [-0.2, -0.15) is 11.8 Å². The van der Waals surface area contributed by atoms with Gasteiger partial charge in [0.25, 0.3) is 0 Å². The molecule has 0 bridgehead atoms. The zero-order valence-corrected chi connectivity index (χ0v) is 12.6. The van der Waals surface area contributed by atoms with Crippen LogP contribution in [0.15, 0.2) is 18.2 Å². The minimum Gasteiger partial charge on any atom is -0.493 e. The maximum Gasteiger partial charge on any atom is 0.164 e. The zero-order chi connectivity index (χ0) is 14.4. The number of carbonyl (C=O) groups is 1. The van der Waals surface area contributed by atoms with E-state index in [1.54, 1.807) is 19.2 Å². The summed E-state index contributed by atoms with van der Waals surface area (Å²) in [5.41, 5.74) is 6.04. The van der Waals surface area contributed by atoms with Crippen LogP contribution in [0.3, 0.4) is 0 Å². The van der Waals surface area contributed by atoms with Crippen LogP contribution in [0.1, 0.15) is 29.6 Å². The number of hydrogen-bond acceptors (Lipinski definition) is 5. The fourth-order valence-electron chi connectivity index (χ4n) is 2.19. The molecule has 0 amide bonds. The molecule has 0 aromatic heterocycles. The molecule has 0 aliphatic carbocycles. The van der Waals surface area contributed by atoms with Gasteiger partial charge >= 0.3 is 0 Å². The van der Waals surface area contributed by atoms with Crippen molar-refractivity contribution in [2.24, 2.45) is 5.73 Å². The van der Waals surface area contributed by atoms with Crippen molar-refractivity contribution in [1.82, 2.24) is 0 Å². The van der Waals surface area contributed by atoms with E-state index in [-0.39, 0.29) is 11.9 Å². The lowest BCUT2D eigenvalue weighted by Gasteiger charge is -2.23. The molecule has 110 valence electrons. The Kier molecular flexibility index (Phi) is 5.73. The SMILES string of the molecule is COc1cc(C(=O)CCN)ccc1OC1CCSCC1. The van der Waals surface area contributed by atoms with Crippen molar-refractivity contribution >= 4 is 17.5 Å². The fourth-order valence-corrected chi connectivity index (χ4v) is 3.25. The summed E-state index contributed by atoms with van der Waals surface area (Å²) in [5.74, 6) is 3.64. The molecule has 1 aliphatic heterocycles. The van der Waals surface area contributed by atoms with Crippen molar-refractivity contribution < 1.29 is 14.3 Å². The Hall–Kier alpha value is -1.20. The van der Waals surface area contributed by atoms with Crippen molar-refractivity contribution in [2.45, 2.75) is 25.4 Å². The third kappa shape index (κ3) is 3.90. The first kappa shape index (κ1) is 15.2. The van der Waals surface area contributed by atoms with Crippen LogP contribution in [0.4, 0.5) is 0 Å². The van der Waals surface area contributed by atoms with Crippen molar-refractivity contribution in [2.75, 3.05) is 25.2 Å². The normalized spacial score (nSPS) is 15.9. The summed E-state index contributed by atoms with van der Waals surface area (Å²) in [6.07, 6.45) is 2.71. The number of Topliss-reactive ketones (excluding diaryl/α,β-unsaturated/α-hetero) is 1. The Labute approximate surface area is 124 Å². The molecule has 4 nitrogen and oxygen atoms in total. The predicted octanol–water partition coefficient (Wildman–Crippen LogP) is 2.50. The minimum atomic E-state index is 0.0337. The smallest absolute Gasteiger partial charge is 0.164 e. The Morgan fingerprint density at radius 3 is 2.75 bits per heavy atom. The van der Waals surface area contributed by atoms with Crippen molar-refractivity contribution in [3.8, 4) is 11.5 Å². The molecule has 5 heteroatoms. The Balaban J connectivity index is 2.10. The topological polar surface area (TPSA) is 61.5 Å². The van der Waals surface area contributed by atoms with E-state index in [4.69, 9.17) is 15.2 Å². The van der Waals surface area contributed by atoms with Gasteiger partial charge in [-0.3, -0.25) is 4.79 Å². The summed E-state index contributed by atoms with van der Waals surface area (Å²) in [4.78, 5) is 11.8. The fraction of sp³-hybridized carbons (Fsp3) is 0.533. The van der Waals surface area contributed by atoms with Gasteiger partial charge in [0.15, 0.2) is 17.3 Å². The second-order valence-electron chi connectivity index (χ2n) is 4.76. The van der Waals surface area contributed by atoms with E-state index < -0.39 is 0 Å². The first-order valence-corrected chi connectivity index (χ1v) is 8.05. The molecular formula is C15H21NO3S. The molecule has 0 unspecified atom stereocenters. The van der Waals surface area contributed by atoms with Crippen LogP contribution >= 0.6 is 11.8 Å². The Morgan fingerprint density at radius 2 is 2.10 bits per heavy atom. The number of nitrogens with two attached hydrogens (primary N) is 1. The van der Waals surface area contributed by atoms with Crippen molar-refractivity contribution in [3.05, 3.63) is 23.8 Å². The number of methoxy groups -OCH3 is 1. The van der Waals surface area contributed by atoms with E-state index >= 15 is 0 Å². The molecule has 1 saturated heterocycles. The van der Waals surface area contributed by atoms with Gasteiger partial charge in [0.05, 0.1) is 7.11 Å². The quantitative estimate of drug-likeness (QED) is 0.817. The third-order valence-electron chi connectivity index (χ3n) is 3.32. The molecule has 1 fully saturated rings. The lowest BCUT2D eigenvalue weighted by atomic mass is 10.1. The summed E-state index contributed by atoms with van der Waals surface area (Å²) >= 11 is 1.96. The summed E-state index contributed by atoms with van der Waals surface area (Å²) in [6.45, 7) is 0.360. The zero-order valence-electron chi connectivity index (χ0n) is 11.8. The molecule has 0 atom stereocenters. The van der Waals surface area contributed by atoms with Gasteiger partial charge in [-0.1, -0.05) is 0 Å². The van der Waals surface area contributed by atoms with Crippen molar-refractivity contribution in [3.63, 3.8) is 0 Å². The van der Waals surface area contributed by atoms with Crippen LogP contribution in [0.2, 0.25) is 0 Å². The van der Waals surface area contributed by atoms with Gasteiger partial charge in [-0.05, 0) is 49.1 Å². The van der Waals surface area contributed by atoms with E-state index in [2.05, 4.69) is 0 Å². The number of ketones is 1. The molecule has 2 rings (SSSR count). The Morgan fingerprint density at radius 1 is 1.35 bits per heavy atom. The number of rotatable bonds is 6. The van der Waals surface area contributed by atoms with E-state index in [0.29, 0.717) is 30.0 Å².